The molecule has 2 unspecified atom stereocenters. The third-order valence-electron chi connectivity index (χ3n) is 6.80. The molecule has 0 saturated heterocycles. The highest BCUT2D eigenvalue weighted by molar-refractivity contribution is 4.83. The molecule has 174 valence electrons. The summed E-state index contributed by atoms with van der Waals surface area (Å²) in [7, 11) is 0. The van der Waals surface area contributed by atoms with Crippen molar-refractivity contribution in [3.63, 3.8) is 0 Å². The first-order valence-electron chi connectivity index (χ1n) is 13.9. The molecule has 2 atom stereocenters. The minimum Gasteiger partial charge on any atom is -0.0885 e. The first kappa shape index (κ1) is 28.7. The molecule has 0 N–H and O–H groups in total. The number of rotatable bonds is 23. The fourth-order valence-corrected chi connectivity index (χ4v) is 4.46. The Balaban J connectivity index is 3.51. The van der Waals surface area contributed by atoms with Gasteiger partial charge in [-0.15, -0.1) is 0 Å². The van der Waals surface area contributed by atoms with Gasteiger partial charge in [0, 0.05) is 0 Å². The summed E-state index contributed by atoms with van der Waals surface area (Å²) in [5.41, 5.74) is 0. The van der Waals surface area contributed by atoms with Crippen molar-refractivity contribution in [2.75, 3.05) is 0 Å². The molecule has 0 heteroatoms. The molecule has 0 aromatic rings. The average Bonchev–Trinajstić information content (AvgIpc) is 2.73. The van der Waals surface area contributed by atoms with Crippen molar-refractivity contribution in [3.8, 4) is 0 Å². The summed E-state index contributed by atoms with van der Waals surface area (Å²) in [5.74, 6) is 1.87. The second-order valence-electron chi connectivity index (χ2n) is 9.84. The zero-order valence-electron chi connectivity index (χ0n) is 21.2. The van der Waals surface area contributed by atoms with Crippen LogP contribution >= 0.6 is 0 Å². The van der Waals surface area contributed by atoms with Crippen LogP contribution in [0.1, 0.15) is 163 Å². The van der Waals surface area contributed by atoms with Crippen molar-refractivity contribution >= 4 is 0 Å². The van der Waals surface area contributed by atoms with E-state index in [1.54, 1.807) is 0 Å². The molecule has 0 spiro atoms. The van der Waals surface area contributed by atoms with E-state index in [1.807, 2.05) is 0 Å². The standard InChI is InChI=1S/C29H58/c1-5-8-10-12-14-15-16-17-19-21-26-29(7-3)27-23-22-25-28(4)24-20-18-13-11-9-6-2/h19,21,28-29H,5-18,20,22-27H2,1-4H3. The fraction of sp³-hybridized carbons (Fsp3) is 0.931. The average molecular weight is 407 g/mol. The van der Waals surface area contributed by atoms with Crippen molar-refractivity contribution in [2.45, 2.75) is 163 Å². The van der Waals surface area contributed by atoms with E-state index in [9.17, 15) is 0 Å². The van der Waals surface area contributed by atoms with E-state index < -0.39 is 0 Å². The summed E-state index contributed by atoms with van der Waals surface area (Å²) in [6.07, 6.45) is 34.8. The maximum absolute atomic E-state index is 2.49. The zero-order chi connectivity index (χ0) is 21.4. The van der Waals surface area contributed by atoms with Crippen LogP contribution in [-0.2, 0) is 0 Å². The normalized spacial score (nSPS) is 13.9. The zero-order valence-corrected chi connectivity index (χ0v) is 21.2. The van der Waals surface area contributed by atoms with Gasteiger partial charge in [0.25, 0.3) is 0 Å². The van der Waals surface area contributed by atoms with Crippen molar-refractivity contribution in [3.05, 3.63) is 12.2 Å². The van der Waals surface area contributed by atoms with E-state index >= 15 is 0 Å². The molecular weight excluding hydrogens is 348 g/mol. The SMILES string of the molecule is CCCCCCCCCC=CCC(CC)CCCCC(C)CCCCCCCC. The van der Waals surface area contributed by atoms with Gasteiger partial charge in [0.15, 0.2) is 0 Å². The molecule has 0 amide bonds. The van der Waals surface area contributed by atoms with Crippen LogP contribution in [0.2, 0.25) is 0 Å². The maximum atomic E-state index is 2.49. The maximum Gasteiger partial charge on any atom is -0.0322 e. The molecular formula is C29H58. The van der Waals surface area contributed by atoms with Gasteiger partial charge in [-0.25, -0.2) is 0 Å². The van der Waals surface area contributed by atoms with E-state index in [4.69, 9.17) is 0 Å². The number of allylic oxidation sites excluding steroid dienone is 2. The van der Waals surface area contributed by atoms with Crippen LogP contribution in [0.15, 0.2) is 12.2 Å². The van der Waals surface area contributed by atoms with Crippen molar-refractivity contribution in [1.82, 2.24) is 0 Å². The Morgan fingerprint density at radius 3 is 1.59 bits per heavy atom. The summed E-state index contributed by atoms with van der Waals surface area (Å²) in [4.78, 5) is 0. The molecule has 0 nitrogen and oxygen atoms in total. The summed E-state index contributed by atoms with van der Waals surface area (Å²) in [6.45, 7) is 9.47. The lowest BCUT2D eigenvalue weighted by Crippen LogP contribution is -1.99. The topological polar surface area (TPSA) is 0 Å². The van der Waals surface area contributed by atoms with Gasteiger partial charge < -0.3 is 0 Å². The summed E-state index contributed by atoms with van der Waals surface area (Å²) < 4.78 is 0. The van der Waals surface area contributed by atoms with E-state index in [0.717, 1.165) is 11.8 Å². The van der Waals surface area contributed by atoms with Crippen molar-refractivity contribution < 1.29 is 0 Å². The Morgan fingerprint density at radius 1 is 0.517 bits per heavy atom. The highest BCUT2D eigenvalue weighted by Gasteiger charge is 2.06. The lowest BCUT2D eigenvalue weighted by molar-refractivity contribution is 0.403. The molecule has 0 bridgehead atoms. The molecule has 0 radical (unpaired) electrons. The van der Waals surface area contributed by atoms with Gasteiger partial charge in [-0.3, -0.25) is 0 Å². The first-order valence-corrected chi connectivity index (χ1v) is 13.9. The lowest BCUT2D eigenvalue weighted by atomic mass is 9.92. The van der Waals surface area contributed by atoms with Crippen LogP contribution in [0, 0.1) is 11.8 Å². The molecule has 0 aliphatic heterocycles. The van der Waals surface area contributed by atoms with Crippen molar-refractivity contribution in [1.29, 1.82) is 0 Å². The summed E-state index contributed by atoms with van der Waals surface area (Å²) in [6, 6.07) is 0. The largest absolute Gasteiger partial charge is 0.0885 e. The molecule has 0 fully saturated rings. The van der Waals surface area contributed by atoms with Crippen LogP contribution in [0.5, 0.6) is 0 Å². The number of unbranched alkanes of at least 4 members (excludes halogenated alkanes) is 13. The molecule has 0 aliphatic carbocycles. The van der Waals surface area contributed by atoms with Gasteiger partial charge in [-0.1, -0.05) is 155 Å². The lowest BCUT2D eigenvalue weighted by Gasteiger charge is -2.14. The third kappa shape index (κ3) is 22.3. The summed E-state index contributed by atoms with van der Waals surface area (Å²) >= 11 is 0. The third-order valence-corrected chi connectivity index (χ3v) is 6.80. The molecule has 0 aromatic heterocycles. The second kappa shape index (κ2) is 24.0. The Kier molecular flexibility index (Phi) is 23.8. The molecule has 0 aliphatic rings. The van der Waals surface area contributed by atoms with Gasteiger partial charge in [-0.2, -0.15) is 0 Å². The molecule has 0 aromatic carbocycles. The summed E-state index contributed by atoms with van der Waals surface area (Å²) in [5, 5.41) is 0. The van der Waals surface area contributed by atoms with Crippen molar-refractivity contribution in [2.24, 2.45) is 11.8 Å². The fourth-order valence-electron chi connectivity index (χ4n) is 4.46. The quantitative estimate of drug-likeness (QED) is 0.117. The van der Waals surface area contributed by atoms with E-state index in [-0.39, 0.29) is 0 Å². The Morgan fingerprint density at radius 2 is 1.00 bits per heavy atom. The van der Waals surface area contributed by atoms with E-state index in [1.165, 1.54) is 135 Å². The highest BCUT2D eigenvalue weighted by atomic mass is 14.1. The van der Waals surface area contributed by atoms with Crippen LogP contribution in [-0.4, -0.2) is 0 Å². The Labute approximate surface area is 186 Å². The molecule has 0 saturated carbocycles. The minimum absolute atomic E-state index is 0.925. The van der Waals surface area contributed by atoms with Gasteiger partial charge in [0.1, 0.15) is 0 Å². The first-order chi connectivity index (χ1) is 14.2. The van der Waals surface area contributed by atoms with Gasteiger partial charge in [0.2, 0.25) is 0 Å². The number of hydrogen-bond donors (Lipinski definition) is 0. The Hall–Kier alpha value is -0.260. The van der Waals surface area contributed by atoms with Gasteiger partial charge >= 0.3 is 0 Å². The molecule has 0 heterocycles. The predicted octanol–water partition coefficient (Wildman–Crippen LogP) is 11.0. The van der Waals surface area contributed by atoms with Crippen LogP contribution < -0.4 is 0 Å². The van der Waals surface area contributed by atoms with Gasteiger partial charge in [0.05, 0.1) is 0 Å². The van der Waals surface area contributed by atoms with Crippen LogP contribution in [0.4, 0.5) is 0 Å². The van der Waals surface area contributed by atoms with Gasteiger partial charge in [-0.05, 0) is 31.1 Å². The van der Waals surface area contributed by atoms with E-state index in [0.29, 0.717) is 0 Å². The monoisotopic (exact) mass is 406 g/mol. The Bertz CT molecular complexity index is 316. The highest BCUT2D eigenvalue weighted by Crippen LogP contribution is 2.22. The molecule has 29 heavy (non-hydrogen) atoms. The van der Waals surface area contributed by atoms with E-state index in [2.05, 4.69) is 39.8 Å². The van der Waals surface area contributed by atoms with Crippen LogP contribution in [0.3, 0.4) is 0 Å². The number of hydrogen-bond acceptors (Lipinski definition) is 0. The smallest absolute Gasteiger partial charge is 0.0322 e. The second-order valence-corrected chi connectivity index (χ2v) is 9.84. The minimum atomic E-state index is 0.925. The van der Waals surface area contributed by atoms with Crippen LogP contribution in [0.25, 0.3) is 0 Å². The predicted molar refractivity (Wildman–Crippen MR) is 136 cm³/mol. The molecule has 0 rings (SSSR count).